The summed E-state index contributed by atoms with van der Waals surface area (Å²) in [4.78, 5) is 15.4. The van der Waals surface area contributed by atoms with Crippen LogP contribution < -0.4 is 28.4 Å². The fraction of sp³-hybridized carbons (Fsp3) is 0.400. The van der Waals surface area contributed by atoms with Gasteiger partial charge in [0.25, 0.3) is 0 Å². The molecule has 0 aromatic heterocycles. The maximum Gasteiger partial charge on any atom is 0.231 e. The maximum absolute atomic E-state index is 13.2. The Labute approximate surface area is 198 Å². The molecule has 4 rings (SSSR count). The maximum atomic E-state index is 13.2. The fourth-order valence-corrected chi connectivity index (χ4v) is 3.80. The summed E-state index contributed by atoms with van der Waals surface area (Å²) in [7, 11) is 4.63. The van der Waals surface area contributed by atoms with Crippen molar-refractivity contribution in [2.24, 2.45) is 0 Å². The van der Waals surface area contributed by atoms with Gasteiger partial charge in [0.1, 0.15) is 12.4 Å². The number of carbonyl (C=O) groups is 1. The van der Waals surface area contributed by atoms with Crippen molar-refractivity contribution in [2.75, 3.05) is 67.6 Å². The average Bonchev–Trinajstić information content (AvgIpc) is 3.34. The quantitative estimate of drug-likeness (QED) is 0.383. The van der Waals surface area contributed by atoms with Crippen LogP contribution >= 0.6 is 0 Å². The Bertz CT molecular complexity index is 1020. The number of rotatable bonds is 10. The minimum atomic E-state index is -0.228. The van der Waals surface area contributed by atoms with Gasteiger partial charge < -0.3 is 33.2 Å². The average molecular weight is 472 g/mol. The second kappa shape index (κ2) is 11.1. The third-order valence-electron chi connectivity index (χ3n) is 5.62. The number of nitrogens with zero attached hydrogens (tertiary/aromatic N) is 1. The Hall–Kier alpha value is -3.43. The van der Waals surface area contributed by atoms with Gasteiger partial charge in [-0.25, -0.2) is 0 Å². The zero-order valence-electron chi connectivity index (χ0n) is 19.6. The van der Waals surface area contributed by atoms with Crippen molar-refractivity contribution in [2.45, 2.75) is 0 Å². The Morgan fingerprint density at radius 2 is 1.62 bits per heavy atom. The molecule has 2 aromatic rings. The fourth-order valence-electron chi connectivity index (χ4n) is 3.80. The molecular formula is C25H29NO8. The van der Waals surface area contributed by atoms with E-state index in [1.807, 2.05) is 0 Å². The molecule has 0 spiro atoms. The van der Waals surface area contributed by atoms with Crippen molar-refractivity contribution >= 4 is 11.9 Å². The van der Waals surface area contributed by atoms with E-state index in [9.17, 15) is 4.79 Å². The Morgan fingerprint density at radius 1 is 0.941 bits per heavy atom. The summed E-state index contributed by atoms with van der Waals surface area (Å²) in [6, 6.07) is 6.91. The van der Waals surface area contributed by atoms with Crippen LogP contribution in [0.2, 0.25) is 0 Å². The van der Waals surface area contributed by atoms with E-state index in [0.29, 0.717) is 46.7 Å². The van der Waals surface area contributed by atoms with E-state index >= 15 is 0 Å². The number of carbonyl (C=O) groups excluding carboxylic acids is 1. The molecule has 0 N–H and O–H groups in total. The largest absolute Gasteiger partial charge is 0.493 e. The van der Waals surface area contributed by atoms with E-state index in [0.717, 1.165) is 38.4 Å². The normalized spacial score (nSPS) is 15.4. The molecule has 9 nitrogen and oxygen atoms in total. The van der Waals surface area contributed by atoms with Crippen molar-refractivity contribution in [3.63, 3.8) is 0 Å². The van der Waals surface area contributed by atoms with Crippen molar-refractivity contribution in [3.8, 4) is 34.5 Å². The topological polar surface area (TPSA) is 84.9 Å². The molecule has 1 saturated heterocycles. The van der Waals surface area contributed by atoms with Gasteiger partial charge >= 0.3 is 0 Å². The second-order valence-electron chi connectivity index (χ2n) is 7.66. The molecule has 0 amide bonds. The molecule has 2 heterocycles. The second-order valence-corrected chi connectivity index (χ2v) is 7.66. The number of morpholine rings is 1. The summed E-state index contributed by atoms with van der Waals surface area (Å²) >= 11 is 0. The van der Waals surface area contributed by atoms with Crippen LogP contribution in [0.4, 0.5) is 0 Å². The number of hydrogen-bond acceptors (Lipinski definition) is 9. The number of allylic oxidation sites excluding steroid dienone is 1. The molecule has 9 heteroatoms. The molecule has 1 fully saturated rings. The van der Waals surface area contributed by atoms with Crippen molar-refractivity contribution in [1.82, 2.24) is 4.90 Å². The van der Waals surface area contributed by atoms with Crippen LogP contribution in [0, 0.1) is 0 Å². The van der Waals surface area contributed by atoms with E-state index in [2.05, 4.69) is 4.90 Å². The smallest absolute Gasteiger partial charge is 0.231 e. The van der Waals surface area contributed by atoms with Gasteiger partial charge in [-0.3, -0.25) is 9.69 Å². The summed E-state index contributed by atoms with van der Waals surface area (Å²) < 4.78 is 38.5. The summed E-state index contributed by atoms with van der Waals surface area (Å²) in [5.74, 6) is 2.80. The third-order valence-corrected chi connectivity index (χ3v) is 5.62. The first-order valence-corrected chi connectivity index (χ1v) is 11.0. The van der Waals surface area contributed by atoms with Gasteiger partial charge in [0, 0.05) is 25.7 Å². The highest BCUT2D eigenvalue weighted by atomic mass is 16.7. The third kappa shape index (κ3) is 5.37. The zero-order chi connectivity index (χ0) is 23.9. The van der Waals surface area contributed by atoms with Crippen LogP contribution in [0.1, 0.15) is 15.9 Å². The SMILES string of the molecule is COc1cc(/C=C/C(=O)c2cc3c(cc2OCCN2CCOCC2)OCO3)cc(OC)c1OC. The summed E-state index contributed by atoms with van der Waals surface area (Å²) in [5.41, 5.74) is 1.12. The number of ketones is 1. The highest BCUT2D eigenvalue weighted by molar-refractivity contribution is 6.09. The van der Waals surface area contributed by atoms with E-state index < -0.39 is 0 Å². The van der Waals surface area contributed by atoms with Crippen LogP contribution in [0.3, 0.4) is 0 Å². The number of ether oxygens (including phenoxy) is 7. The van der Waals surface area contributed by atoms with Gasteiger partial charge in [-0.15, -0.1) is 0 Å². The molecule has 2 aliphatic rings. The minimum Gasteiger partial charge on any atom is -0.493 e. The standard InChI is InChI=1S/C25H29NO8/c1-28-23-12-17(13-24(29-2)25(23)30-3)4-5-19(27)18-14-21-22(34-16-33-21)15-20(18)32-11-8-26-6-9-31-10-7-26/h4-5,12-15H,6-11,16H2,1-3H3/b5-4+. The predicted octanol–water partition coefficient (Wildman–Crippen LogP) is 3.05. The minimum absolute atomic E-state index is 0.113. The Balaban J connectivity index is 1.53. The summed E-state index contributed by atoms with van der Waals surface area (Å²) in [6.45, 7) is 4.48. The molecule has 0 atom stereocenters. The molecule has 2 aliphatic heterocycles. The number of fused-ring (bicyclic) bond motifs is 1. The molecule has 0 unspecified atom stereocenters. The summed E-state index contributed by atoms with van der Waals surface area (Å²) in [5, 5.41) is 0. The van der Waals surface area contributed by atoms with Crippen molar-refractivity contribution in [3.05, 3.63) is 41.5 Å². The van der Waals surface area contributed by atoms with Gasteiger partial charge in [-0.2, -0.15) is 0 Å². The zero-order valence-corrected chi connectivity index (χ0v) is 19.6. The Kier molecular flexibility index (Phi) is 7.76. The highest BCUT2D eigenvalue weighted by Crippen LogP contribution is 2.40. The predicted molar refractivity (Wildman–Crippen MR) is 125 cm³/mol. The molecule has 2 aromatic carbocycles. The molecule has 0 aliphatic carbocycles. The first-order chi connectivity index (χ1) is 16.6. The van der Waals surface area contributed by atoms with Crippen molar-refractivity contribution in [1.29, 1.82) is 0 Å². The van der Waals surface area contributed by atoms with E-state index in [-0.39, 0.29) is 12.6 Å². The van der Waals surface area contributed by atoms with Crippen LogP contribution in [-0.4, -0.2) is 78.3 Å². The van der Waals surface area contributed by atoms with Gasteiger partial charge in [0.2, 0.25) is 12.5 Å². The number of benzene rings is 2. The highest BCUT2D eigenvalue weighted by Gasteiger charge is 2.21. The molecular weight excluding hydrogens is 442 g/mol. The van der Waals surface area contributed by atoms with Gasteiger partial charge in [-0.1, -0.05) is 6.08 Å². The van der Waals surface area contributed by atoms with Gasteiger partial charge in [0.05, 0.1) is 40.1 Å². The van der Waals surface area contributed by atoms with Gasteiger partial charge in [0.15, 0.2) is 28.8 Å². The van der Waals surface area contributed by atoms with Crippen LogP contribution in [0.25, 0.3) is 6.08 Å². The molecule has 182 valence electrons. The first kappa shape index (κ1) is 23.7. The van der Waals surface area contributed by atoms with Gasteiger partial charge in [-0.05, 0) is 29.8 Å². The van der Waals surface area contributed by atoms with E-state index in [4.69, 9.17) is 33.2 Å². The van der Waals surface area contributed by atoms with E-state index in [1.54, 1.807) is 51.7 Å². The molecule has 0 radical (unpaired) electrons. The number of hydrogen-bond donors (Lipinski definition) is 0. The number of methoxy groups -OCH3 is 3. The lowest BCUT2D eigenvalue weighted by Crippen LogP contribution is -2.38. The molecule has 0 saturated carbocycles. The monoisotopic (exact) mass is 471 g/mol. The first-order valence-electron chi connectivity index (χ1n) is 11.0. The van der Waals surface area contributed by atoms with Crippen LogP contribution in [0.15, 0.2) is 30.3 Å². The lowest BCUT2D eigenvalue weighted by molar-refractivity contribution is 0.0322. The molecule has 34 heavy (non-hydrogen) atoms. The lowest BCUT2D eigenvalue weighted by atomic mass is 10.1. The Morgan fingerprint density at radius 3 is 2.26 bits per heavy atom. The van der Waals surface area contributed by atoms with Crippen molar-refractivity contribution < 1.29 is 38.0 Å². The summed E-state index contributed by atoms with van der Waals surface area (Å²) in [6.07, 6.45) is 3.17. The lowest BCUT2D eigenvalue weighted by Gasteiger charge is -2.26. The van der Waals surface area contributed by atoms with Crippen LogP contribution in [0.5, 0.6) is 34.5 Å². The molecule has 0 bridgehead atoms. The van der Waals surface area contributed by atoms with E-state index in [1.165, 1.54) is 6.08 Å². The van der Waals surface area contributed by atoms with Crippen LogP contribution in [-0.2, 0) is 4.74 Å².